The molecule has 0 saturated heterocycles. The van der Waals surface area contributed by atoms with Crippen molar-refractivity contribution >= 4 is 23.4 Å². The molecular weight excluding hydrogens is 252 g/mol. The summed E-state index contributed by atoms with van der Waals surface area (Å²) in [4.78, 5) is 15.3. The summed E-state index contributed by atoms with van der Waals surface area (Å²) in [6, 6.07) is 7.63. The molecule has 0 aliphatic rings. The van der Waals surface area contributed by atoms with E-state index in [1.165, 1.54) is 5.56 Å². The van der Waals surface area contributed by atoms with Crippen LogP contribution in [0.15, 0.2) is 29.4 Å². The predicted octanol–water partition coefficient (Wildman–Crippen LogP) is 2.39. The number of benzene rings is 1. The first-order valence-electron chi connectivity index (χ1n) is 5.55. The van der Waals surface area contributed by atoms with E-state index in [1.807, 2.05) is 24.3 Å². The lowest BCUT2D eigenvalue weighted by Crippen LogP contribution is -2.16. The highest BCUT2D eigenvalue weighted by atomic mass is 35.5. The Balaban J connectivity index is 2.82. The maximum absolute atomic E-state index is 10.8. The zero-order valence-electron chi connectivity index (χ0n) is 10.7. The number of hydrogen-bond acceptors (Lipinski definition) is 3. The molecule has 0 bridgehead atoms. The summed E-state index contributed by atoms with van der Waals surface area (Å²) in [5.41, 5.74) is 7.66. The van der Waals surface area contributed by atoms with Crippen molar-refractivity contribution in [3.63, 3.8) is 0 Å². The summed E-state index contributed by atoms with van der Waals surface area (Å²) in [7, 11) is 0. The smallest absolute Gasteiger partial charge is 0.349 e. The van der Waals surface area contributed by atoms with Gasteiger partial charge in [0.15, 0.2) is 5.84 Å². The fraction of sp³-hybridized carbons (Fsp3) is 0.385. The summed E-state index contributed by atoms with van der Waals surface area (Å²) >= 11 is 5.27. The summed E-state index contributed by atoms with van der Waals surface area (Å²) in [5.74, 6) is -0.737. The van der Waals surface area contributed by atoms with Crippen LogP contribution in [0.4, 0.5) is 0 Å². The van der Waals surface area contributed by atoms with Crippen LogP contribution < -0.4 is 5.73 Å². The molecule has 2 N–H and O–H groups in total. The summed E-state index contributed by atoms with van der Waals surface area (Å²) < 4.78 is 0. The molecule has 1 aromatic rings. The third-order valence-electron chi connectivity index (χ3n) is 2.40. The van der Waals surface area contributed by atoms with Crippen molar-refractivity contribution in [2.24, 2.45) is 10.9 Å². The van der Waals surface area contributed by atoms with Crippen LogP contribution in [0.2, 0.25) is 0 Å². The summed E-state index contributed by atoms with van der Waals surface area (Å²) in [6.07, 6.45) is 0. The minimum atomic E-state index is -0.633. The van der Waals surface area contributed by atoms with Gasteiger partial charge >= 0.3 is 5.97 Å². The zero-order chi connectivity index (χ0) is 13.8. The highest BCUT2D eigenvalue weighted by molar-refractivity contribution is 6.26. The number of nitrogens with zero attached hydrogens (tertiary/aromatic N) is 1. The van der Waals surface area contributed by atoms with E-state index in [1.54, 1.807) is 0 Å². The van der Waals surface area contributed by atoms with Crippen molar-refractivity contribution in [1.29, 1.82) is 0 Å². The molecule has 1 rings (SSSR count). The molecule has 0 aliphatic heterocycles. The molecule has 0 radical (unpaired) electrons. The van der Waals surface area contributed by atoms with Crippen molar-refractivity contribution in [3.8, 4) is 0 Å². The summed E-state index contributed by atoms with van der Waals surface area (Å²) in [5, 5.41) is 3.52. The van der Waals surface area contributed by atoms with Gasteiger partial charge in [0.25, 0.3) is 0 Å². The van der Waals surface area contributed by atoms with Crippen LogP contribution >= 0.6 is 11.6 Å². The highest BCUT2D eigenvalue weighted by Gasteiger charge is 2.13. The second kappa shape index (κ2) is 5.87. The number of alkyl halides is 1. The van der Waals surface area contributed by atoms with Gasteiger partial charge in [-0.25, -0.2) is 4.79 Å². The van der Waals surface area contributed by atoms with Gasteiger partial charge in [0.1, 0.15) is 5.88 Å². The normalized spacial score (nSPS) is 12.3. The molecule has 98 valence electrons. The number of halogens is 1. The van der Waals surface area contributed by atoms with E-state index in [2.05, 4.69) is 30.8 Å². The van der Waals surface area contributed by atoms with Gasteiger partial charge in [0, 0.05) is 5.56 Å². The second-order valence-electron chi connectivity index (χ2n) is 4.90. The maximum Gasteiger partial charge on any atom is 0.349 e. The van der Waals surface area contributed by atoms with Gasteiger partial charge in [-0.15, -0.1) is 11.6 Å². The Morgan fingerprint density at radius 1 is 1.33 bits per heavy atom. The third-order valence-corrected chi connectivity index (χ3v) is 2.62. The van der Waals surface area contributed by atoms with E-state index in [9.17, 15) is 4.79 Å². The van der Waals surface area contributed by atoms with Crippen LogP contribution in [0.1, 0.15) is 31.9 Å². The topological polar surface area (TPSA) is 64.7 Å². The summed E-state index contributed by atoms with van der Waals surface area (Å²) in [6.45, 7) is 6.38. The number of oxime groups is 1. The molecule has 0 saturated carbocycles. The van der Waals surface area contributed by atoms with E-state index in [-0.39, 0.29) is 17.1 Å². The van der Waals surface area contributed by atoms with Crippen molar-refractivity contribution in [3.05, 3.63) is 35.4 Å². The molecule has 0 spiro atoms. The third kappa shape index (κ3) is 4.04. The average Bonchev–Trinajstić information content (AvgIpc) is 2.34. The predicted molar refractivity (Wildman–Crippen MR) is 72.7 cm³/mol. The number of amidine groups is 1. The Hall–Kier alpha value is -1.55. The lowest BCUT2D eigenvalue weighted by Gasteiger charge is -2.18. The molecule has 0 aromatic heterocycles. The average molecular weight is 269 g/mol. The SMILES string of the molecule is CC(C)(C)c1ccc(/C(N)=N\OC(=O)CCl)cc1. The first-order chi connectivity index (χ1) is 8.34. The van der Waals surface area contributed by atoms with E-state index < -0.39 is 5.97 Å². The van der Waals surface area contributed by atoms with Crippen molar-refractivity contribution in [2.45, 2.75) is 26.2 Å². The molecule has 4 nitrogen and oxygen atoms in total. The second-order valence-corrected chi connectivity index (χ2v) is 5.17. The van der Waals surface area contributed by atoms with Gasteiger partial charge in [-0.3, -0.25) is 0 Å². The maximum atomic E-state index is 10.8. The zero-order valence-corrected chi connectivity index (χ0v) is 11.5. The first-order valence-corrected chi connectivity index (χ1v) is 6.08. The van der Waals surface area contributed by atoms with Gasteiger partial charge in [0.05, 0.1) is 0 Å². The number of nitrogens with two attached hydrogens (primary N) is 1. The van der Waals surface area contributed by atoms with E-state index in [4.69, 9.17) is 17.3 Å². The van der Waals surface area contributed by atoms with Crippen LogP contribution in [0.25, 0.3) is 0 Å². The Kier molecular flexibility index (Phi) is 4.73. The fourth-order valence-electron chi connectivity index (χ4n) is 1.32. The lowest BCUT2D eigenvalue weighted by atomic mass is 9.87. The number of carbonyl (C=O) groups excluding carboxylic acids is 1. The Bertz CT molecular complexity index is 447. The fourth-order valence-corrected chi connectivity index (χ4v) is 1.37. The Morgan fingerprint density at radius 2 is 1.89 bits per heavy atom. The van der Waals surface area contributed by atoms with Gasteiger partial charge < -0.3 is 10.6 Å². The molecule has 18 heavy (non-hydrogen) atoms. The van der Waals surface area contributed by atoms with Crippen molar-refractivity contribution in [2.75, 3.05) is 5.88 Å². The van der Waals surface area contributed by atoms with Crippen LogP contribution in [0.3, 0.4) is 0 Å². The highest BCUT2D eigenvalue weighted by Crippen LogP contribution is 2.22. The van der Waals surface area contributed by atoms with Crippen LogP contribution in [0.5, 0.6) is 0 Å². The molecule has 0 atom stereocenters. The molecule has 0 heterocycles. The molecule has 0 unspecified atom stereocenters. The number of rotatable bonds is 3. The molecule has 1 aromatic carbocycles. The molecule has 0 amide bonds. The largest absolute Gasteiger partial charge is 0.380 e. The van der Waals surface area contributed by atoms with Crippen LogP contribution in [-0.2, 0) is 15.0 Å². The van der Waals surface area contributed by atoms with E-state index >= 15 is 0 Å². The standard InChI is InChI=1S/C13H17ClN2O2/c1-13(2,3)10-6-4-9(5-7-10)12(15)16-18-11(17)8-14/h4-7H,8H2,1-3H3,(H2,15,16). The Labute approximate surface area is 112 Å². The van der Waals surface area contributed by atoms with Gasteiger partial charge in [-0.05, 0) is 11.0 Å². The molecular formula is C13H17ClN2O2. The molecule has 0 fully saturated rings. The van der Waals surface area contributed by atoms with Crippen molar-refractivity contribution in [1.82, 2.24) is 0 Å². The van der Waals surface area contributed by atoms with Gasteiger partial charge in [-0.1, -0.05) is 50.2 Å². The van der Waals surface area contributed by atoms with Gasteiger partial charge in [-0.2, -0.15) is 0 Å². The van der Waals surface area contributed by atoms with Crippen LogP contribution in [0, 0.1) is 0 Å². The van der Waals surface area contributed by atoms with Crippen LogP contribution in [-0.4, -0.2) is 17.7 Å². The minimum Gasteiger partial charge on any atom is -0.380 e. The van der Waals surface area contributed by atoms with E-state index in [0.29, 0.717) is 5.56 Å². The number of carbonyl (C=O) groups is 1. The first kappa shape index (κ1) is 14.5. The van der Waals surface area contributed by atoms with E-state index in [0.717, 1.165) is 0 Å². The lowest BCUT2D eigenvalue weighted by molar-refractivity contribution is -0.140. The molecule has 0 aliphatic carbocycles. The molecule has 5 heteroatoms. The van der Waals surface area contributed by atoms with Crippen molar-refractivity contribution < 1.29 is 9.63 Å². The minimum absolute atomic E-state index is 0.0789. The number of hydrogen-bond donors (Lipinski definition) is 1. The van der Waals surface area contributed by atoms with Gasteiger partial charge in [0.2, 0.25) is 0 Å². The Morgan fingerprint density at radius 3 is 2.33 bits per heavy atom. The monoisotopic (exact) mass is 268 g/mol. The quantitative estimate of drug-likeness (QED) is 0.301.